The summed E-state index contributed by atoms with van der Waals surface area (Å²) in [5, 5.41) is 12.6. The van der Waals surface area contributed by atoms with Gasteiger partial charge in [0.25, 0.3) is 5.56 Å². The first-order chi connectivity index (χ1) is 11.5. The van der Waals surface area contributed by atoms with E-state index in [1.807, 2.05) is 31.2 Å². The van der Waals surface area contributed by atoms with Crippen molar-refractivity contribution in [2.75, 3.05) is 11.9 Å². The van der Waals surface area contributed by atoms with Crippen LogP contribution in [0.5, 0.6) is 5.75 Å². The molecule has 1 aliphatic heterocycles. The van der Waals surface area contributed by atoms with Crippen LogP contribution < -0.4 is 21.3 Å². The average Bonchev–Trinajstić information content (AvgIpc) is 2.59. The van der Waals surface area contributed by atoms with Gasteiger partial charge in [0.15, 0.2) is 5.56 Å². The van der Waals surface area contributed by atoms with Crippen molar-refractivity contribution in [2.45, 2.75) is 19.4 Å². The number of rotatable bonds is 2. The monoisotopic (exact) mass is 326 g/mol. The molecule has 0 fully saturated rings. The first-order valence-electron chi connectivity index (χ1n) is 7.64. The van der Waals surface area contributed by atoms with Gasteiger partial charge in [-0.15, -0.1) is 0 Å². The van der Waals surface area contributed by atoms with Crippen LogP contribution in [-0.2, 0) is 14.1 Å². The summed E-state index contributed by atoms with van der Waals surface area (Å²) in [6.45, 7) is 2.49. The maximum atomic E-state index is 12.2. The van der Waals surface area contributed by atoms with Crippen LogP contribution in [-0.4, -0.2) is 15.7 Å². The third kappa shape index (κ3) is 2.36. The summed E-state index contributed by atoms with van der Waals surface area (Å²) < 4.78 is 7.97. The molecule has 2 aromatic rings. The third-order valence-corrected chi connectivity index (χ3v) is 4.36. The first-order valence-corrected chi connectivity index (χ1v) is 7.64. The largest absolute Gasteiger partial charge is 0.493 e. The Labute approximate surface area is 138 Å². The van der Waals surface area contributed by atoms with Gasteiger partial charge in [-0.25, -0.2) is 4.79 Å². The smallest absolute Gasteiger partial charge is 0.332 e. The van der Waals surface area contributed by atoms with Gasteiger partial charge in [0.2, 0.25) is 0 Å². The Morgan fingerprint density at radius 3 is 2.75 bits per heavy atom. The van der Waals surface area contributed by atoms with Crippen molar-refractivity contribution in [3.8, 4) is 11.8 Å². The maximum Gasteiger partial charge on any atom is 0.332 e. The van der Waals surface area contributed by atoms with E-state index in [1.54, 1.807) is 7.05 Å². The van der Waals surface area contributed by atoms with Crippen molar-refractivity contribution in [3.05, 3.63) is 55.7 Å². The Hall–Kier alpha value is -3.01. The fourth-order valence-electron chi connectivity index (χ4n) is 3.01. The average molecular weight is 326 g/mol. The lowest BCUT2D eigenvalue weighted by atomic mass is 9.98. The third-order valence-electron chi connectivity index (χ3n) is 4.36. The second-order valence-electron chi connectivity index (χ2n) is 5.87. The van der Waals surface area contributed by atoms with Gasteiger partial charge in [0, 0.05) is 26.1 Å². The lowest BCUT2D eigenvalue weighted by Crippen LogP contribution is -2.40. The van der Waals surface area contributed by atoms with E-state index in [4.69, 9.17) is 4.74 Å². The Kier molecular flexibility index (Phi) is 3.89. The second-order valence-corrected chi connectivity index (χ2v) is 5.87. The zero-order valence-electron chi connectivity index (χ0n) is 13.8. The van der Waals surface area contributed by atoms with E-state index in [9.17, 15) is 14.9 Å². The van der Waals surface area contributed by atoms with E-state index in [1.165, 1.54) is 11.6 Å². The van der Waals surface area contributed by atoms with Crippen LogP contribution in [0.15, 0.2) is 27.8 Å². The van der Waals surface area contributed by atoms with E-state index in [2.05, 4.69) is 5.32 Å². The van der Waals surface area contributed by atoms with Crippen molar-refractivity contribution in [3.63, 3.8) is 0 Å². The Bertz CT molecular complexity index is 966. The van der Waals surface area contributed by atoms with E-state index in [0.717, 1.165) is 21.4 Å². The standard InChI is InChI=1S/C17H18N4O3/c1-10-5-4-6-11-13(7-8-24-14(10)11)19-15-12(9-18)16(22)21(3)17(23)20(15)2/h4-6,13,19H,7-8H2,1-3H3/t13-/m0/s1. The predicted octanol–water partition coefficient (Wildman–Crippen LogP) is 1.20. The van der Waals surface area contributed by atoms with Gasteiger partial charge < -0.3 is 10.1 Å². The van der Waals surface area contributed by atoms with Crippen LogP contribution in [0.2, 0.25) is 0 Å². The number of benzene rings is 1. The molecule has 124 valence electrons. The number of hydrogen-bond donors (Lipinski definition) is 1. The Morgan fingerprint density at radius 1 is 1.29 bits per heavy atom. The molecule has 0 amide bonds. The molecule has 24 heavy (non-hydrogen) atoms. The van der Waals surface area contributed by atoms with Crippen molar-refractivity contribution >= 4 is 5.82 Å². The number of para-hydroxylation sites is 1. The normalized spacial score (nSPS) is 16.0. The molecule has 7 nitrogen and oxygen atoms in total. The molecular formula is C17H18N4O3. The number of nitriles is 1. The number of nitrogens with zero attached hydrogens (tertiary/aromatic N) is 3. The molecule has 1 aromatic carbocycles. The van der Waals surface area contributed by atoms with Crippen LogP contribution in [0.25, 0.3) is 0 Å². The van der Waals surface area contributed by atoms with Gasteiger partial charge in [-0.1, -0.05) is 18.2 Å². The van der Waals surface area contributed by atoms with E-state index >= 15 is 0 Å². The first kappa shape index (κ1) is 15.9. The number of hydrogen-bond acceptors (Lipinski definition) is 5. The molecule has 3 rings (SSSR count). The summed E-state index contributed by atoms with van der Waals surface area (Å²) in [5.74, 6) is 1.05. The SMILES string of the molecule is Cc1cccc2c1OCC[C@@H]2Nc1c(C#N)c(=O)n(C)c(=O)n1C. The highest BCUT2D eigenvalue weighted by Crippen LogP contribution is 2.36. The molecule has 7 heteroatoms. The highest BCUT2D eigenvalue weighted by atomic mass is 16.5. The van der Waals surface area contributed by atoms with Crippen LogP contribution in [0, 0.1) is 18.3 Å². The highest BCUT2D eigenvalue weighted by Gasteiger charge is 2.25. The van der Waals surface area contributed by atoms with Gasteiger partial charge in [0.05, 0.1) is 12.6 Å². The molecular weight excluding hydrogens is 308 g/mol. The van der Waals surface area contributed by atoms with Crippen molar-refractivity contribution in [1.29, 1.82) is 5.26 Å². The maximum absolute atomic E-state index is 12.2. The number of aromatic nitrogens is 2. The molecule has 0 bridgehead atoms. The topological polar surface area (TPSA) is 89.1 Å². The van der Waals surface area contributed by atoms with Gasteiger partial charge in [-0.2, -0.15) is 5.26 Å². The minimum atomic E-state index is -0.598. The molecule has 0 spiro atoms. The molecule has 1 atom stereocenters. The number of ether oxygens (including phenoxy) is 1. The summed E-state index contributed by atoms with van der Waals surface area (Å²) >= 11 is 0. The molecule has 1 aromatic heterocycles. The van der Waals surface area contributed by atoms with Gasteiger partial charge in [0.1, 0.15) is 17.6 Å². The minimum Gasteiger partial charge on any atom is -0.493 e. The number of aryl methyl sites for hydroxylation is 1. The van der Waals surface area contributed by atoms with Crippen molar-refractivity contribution in [1.82, 2.24) is 9.13 Å². The van der Waals surface area contributed by atoms with Crippen LogP contribution in [0.3, 0.4) is 0 Å². The van der Waals surface area contributed by atoms with E-state index in [-0.39, 0.29) is 17.4 Å². The molecule has 0 saturated heterocycles. The lowest BCUT2D eigenvalue weighted by Gasteiger charge is -2.29. The predicted molar refractivity (Wildman–Crippen MR) is 89.3 cm³/mol. The van der Waals surface area contributed by atoms with Crippen LogP contribution in [0.1, 0.15) is 29.2 Å². The minimum absolute atomic E-state index is 0.0692. The van der Waals surface area contributed by atoms with Gasteiger partial charge >= 0.3 is 5.69 Å². The molecule has 2 heterocycles. The van der Waals surface area contributed by atoms with E-state index < -0.39 is 11.2 Å². The summed E-state index contributed by atoms with van der Waals surface area (Å²) in [7, 11) is 2.91. The van der Waals surface area contributed by atoms with Crippen molar-refractivity contribution in [2.24, 2.45) is 14.1 Å². The summed E-state index contributed by atoms with van der Waals surface area (Å²) in [6, 6.07) is 7.62. The molecule has 1 aliphatic rings. The van der Waals surface area contributed by atoms with Crippen LogP contribution in [0.4, 0.5) is 5.82 Å². The van der Waals surface area contributed by atoms with Gasteiger partial charge in [-0.05, 0) is 12.5 Å². The zero-order chi connectivity index (χ0) is 17.4. The highest BCUT2D eigenvalue weighted by molar-refractivity contribution is 5.54. The summed E-state index contributed by atoms with van der Waals surface area (Å²) in [4.78, 5) is 24.4. The molecule has 0 aliphatic carbocycles. The Balaban J connectivity index is 2.12. The Morgan fingerprint density at radius 2 is 2.04 bits per heavy atom. The summed E-state index contributed by atoms with van der Waals surface area (Å²) in [6.07, 6.45) is 0.671. The molecule has 0 saturated carbocycles. The quantitative estimate of drug-likeness (QED) is 0.896. The van der Waals surface area contributed by atoms with Crippen molar-refractivity contribution < 1.29 is 4.74 Å². The van der Waals surface area contributed by atoms with Gasteiger partial charge in [-0.3, -0.25) is 13.9 Å². The number of fused-ring (bicyclic) bond motifs is 1. The fourth-order valence-corrected chi connectivity index (χ4v) is 3.01. The van der Waals surface area contributed by atoms with E-state index in [0.29, 0.717) is 13.0 Å². The molecule has 0 radical (unpaired) electrons. The lowest BCUT2D eigenvalue weighted by molar-refractivity contribution is 0.272. The van der Waals surface area contributed by atoms with Crippen LogP contribution >= 0.6 is 0 Å². The molecule has 1 N–H and O–H groups in total. The number of nitrogens with one attached hydrogen (secondary N) is 1. The summed E-state index contributed by atoms with van der Waals surface area (Å²) in [5.41, 5.74) is 0.841. The second kappa shape index (κ2) is 5.89. The fraction of sp³-hybridized carbons (Fsp3) is 0.353. The number of anilines is 1. The zero-order valence-corrected chi connectivity index (χ0v) is 13.8. The molecule has 0 unspecified atom stereocenters.